The maximum atomic E-state index is 13.5. The Morgan fingerprint density at radius 3 is 1.19 bits per heavy atom. The van der Waals surface area contributed by atoms with E-state index in [2.05, 4.69) is 56.8 Å². The van der Waals surface area contributed by atoms with Crippen LogP contribution in [0.25, 0.3) is 55.6 Å². The van der Waals surface area contributed by atoms with Crippen molar-refractivity contribution in [2.75, 3.05) is 19.8 Å². The van der Waals surface area contributed by atoms with Crippen molar-refractivity contribution in [3.8, 4) is 22.5 Å². The Bertz CT molecular complexity index is 4300. The van der Waals surface area contributed by atoms with E-state index in [4.69, 9.17) is 56.7 Å². The van der Waals surface area contributed by atoms with Crippen molar-refractivity contribution in [1.29, 1.82) is 0 Å². The number of ether oxygens (including phenoxy) is 3. The van der Waals surface area contributed by atoms with Gasteiger partial charge in [0.15, 0.2) is 0 Å². The predicted molar refractivity (Wildman–Crippen MR) is 366 cm³/mol. The first kappa shape index (κ1) is 76.5. The van der Waals surface area contributed by atoms with Crippen molar-refractivity contribution >= 4 is 87.3 Å². The zero-order valence-corrected chi connectivity index (χ0v) is 58.6. The standard InChI is InChI=1S/C23H28ClN3O4.2C23H26ClN3O4.Mn.2O/c3*1-15(2)5-10-18-20-19(13-25-21(18)16-6-8-17(24)9-7-16)26(3)23(30)27(22(20)29)11-4-12-31-14-28;;;/h6-9,14-15,25H,4-5,10-13H2,1-3H3;2*6-9,13-15H,4-5,10-12H2,1-3H3;;;. The number of halogens is 3. The molecule has 9 rings (SSSR count). The fraction of sp³-hybridized carbons (Fsp3) is 0.406. The van der Waals surface area contributed by atoms with E-state index in [1.54, 1.807) is 62.4 Å². The first-order valence-corrected chi connectivity index (χ1v) is 33.4. The van der Waals surface area contributed by atoms with E-state index in [1.807, 2.05) is 48.5 Å². The Balaban J connectivity index is 0.000000223. The molecule has 0 unspecified atom stereocenters. The van der Waals surface area contributed by atoms with Crippen LogP contribution >= 0.6 is 34.8 Å². The van der Waals surface area contributed by atoms with E-state index in [9.17, 15) is 43.2 Å². The number of aromatic nitrogens is 8. The molecule has 0 aliphatic carbocycles. The van der Waals surface area contributed by atoms with Crippen LogP contribution in [0.2, 0.25) is 15.1 Å². The molecule has 0 saturated heterocycles. The molecule has 513 valence electrons. The monoisotopic (exact) mass is 1420 g/mol. The SMILES string of the molecule is CC(C)CCC1=C(c2ccc(Cl)cc2)NCc2c1c(=O)n(CCCOC=O)c(=O)n2C.CC(C)CCc1c(-c2ccc(Cl)cc2)ncc2c1c(=O)n(CCCOC=O)c(=O)n2C.CC(C)CCc1c(-c2ccc(Cl)cc2)ncc2c1c(=O)n(CCCOC=O)c(=O)n2C.[O]=[Mn]=[O]. The van der Waals surface area contributed by atoms with Crippen molar-refractivity contribution in [3.63, 3.8) is 0 Å². The summed E-state index contributed by atoms with van der Waals surface area (Å²) in [7, 11) is 4.96. The zero-order valence-electron chi connectivity index (χ0n) is 55.2. The van der Waals surface area contributed by atoms with Crippen molar-refractivity contribution in [3.05, 3.63) is 191 Å². The number of aryl methyl sites for hydroxylation is 4. The number of nitrogens with one attached hydrogen (secondary N) is 1. The summed E-state index contributed by atoms with van der Waals surface area (Å²) in [5.41, 5.74) is 7.68. The summed E-state index contributed by atoms with van der Waals surface area (Å²) in [5, 5.41) is 6.31. The Morgan fingerprint density at radius 2 is 0.833 bits per heavy atom. The molecule has 0 amide bonds. The molecule has 0 saturated carbocycles. The number of benzene rings is 3. The van der Waals surface area contributed by atoms with Gasteiger partial charge in [-0.1, -0.05) is 113 Å². The molecule has 23 nitrogen and oxygen atoms in total. The van der Waals surface area contributed by atoms with Gasteiger partial charge < -0.3 is 19.5 Å². The molecule has 8 aromatic rings. The molecule has 0 atom stereocenters. The number of allylic oxidation sites excluding steroid dienone is 1. The van der Waals surface area contributed by atoms with Crippen molar-refractivity contribution in [2.45, 2.75) is 126 Å². The van der Waals surface area contributed by atoms with Gasteiger partial charge in [0.1, 0.15) is 0 Å². The fourth-order valence-corrected chi connectivity index (χ4v) is 11.5. The summed E-state index contributed by atoms with van der Waals surface area (Å²) in [6, 6.07) is 22.2. The Kier molecular flexibility index (Phi) is 29.6. The van der Waals surface area contributed by atoms with Gasteiger partial charge in [-0.05, 0) is 134 Å². The molecule has 1 aliphatic heterocycles. The summed E-state index contributed by atoms with van der Waals surface area (Å²) in [5.74, 6) is 1.33. The second-order valence-electron chi connectivity index (χ2n) is 24.0. The van der Waals surface area contributed by atoms with E-state index in [-0.39, 0.29) is 61.8 Å². The summed E-state index contributed by atoms with van der Waals surface area (Å²) in [6.45, 7) is 15.2. The molecule has 0 spiro atoms. The third-order valence-corrected chi connectivity index (χ3v) is 16.9. The zero-order chi connectivity index (χ0) is 70.3. The van der Waals surface area contributed by atoms with E-state index in [1.165, 1.54) is 22.8 Å². The van der Waals surface area contributed by atoms with E-state index in [0.29, 0.717) is 130 Å². The average molecular weight is 1420 g/mol. The maximum absolute atomic E-state index is 13.5. The molecule has 0 bridgehead atoms. The number of rotatable bonds is 27. The molecular weight excluding hydrogens is 1340 g/mol. The topological polar surface area (TPSA) is 283 Å². The first-order chi connectivity index (χ1) is 46.0. The quantitative estimate of drug-likeness (QED) is 0.0217. The van der Waals surface area contributed by atoms with Crippen molar-refractivity contribution < 1.29 is 51.1 Å². The molecule has 5 aromatic heterocycles. The number of nitrogens with zero attached hydrogens (tertiary/aromatic N) is 8. The van der Waals surface area contributed by atoms with Crippen LogP contribution in [-0.4, -0.2) is 76.6 Å². The predicted octanol–water partition coefficient (Wildman–Crippen LogP) is 10.1. The van der Waals surface area contributed by atoms with Gasteiger partial charge in [0.05, 0.1) is 83.2 Å². The number of carbonyl (C=O) groups is 3. The van der Waals surface area contributed by atoms with E-state index < -0.39 is 26.2 Å². The van der Waals surface area contributed by atoms with Gasteiger partial charge in [-0.3, -0.25) is 66.1 Å². The average Bonchev–Trinajstić information content (AvgIpc) is 0.766. The van der Waals surface area contributed by atoms with Crippen molar-refractivity contribution in [2.24, 2.45) is 38.9 Å². The third-order valence-electron chi connectivity index (χ3n) is 16.1. The fourth-order valence-electron chi connectivity index (χ4n) is 11.1. The van der Waals surface area contributed by atoms with Crippen LogP contribution in [0.5, 0.6) is 0 Å². The van der Waals surface area contributed by atoms with Gasteiger partial charge in [-0.25, -0.2) is 14.4 Å². The molecule has 0 radical (unpaired) electrons. The minimum atomic E-state index is -1.44. The number of fused-ring (bicyclic) bond motifs is 3. The van der Waals surface area contributed by atoms with Crippen LogP contribution in [0.15, 0.2) is 114 Å². The van der Waals surface area contributed by atoms with Gasteiger partial charge in [-0.2, -0.15) is 0 Å². The van der Waals surface area contributed by atoms with E-state index >= 15 is 0 Å². The van der Waals surface area contributed by atoms with Crippen LogP contribution < -0.4 is 39.1 Å². The molecular formula is C69H80Cl3MnN9O14. The molecule has 96 heavy (non-hydrogen) atoms. The summed E-state index contributed by atoms with van der Waals surface area (Å²) in [4.78, 5) is 119. The molecule has 1 aliphatic rings. The van der Waals surface area contributed by atoms with Crippen molar-refractivity contribution in [1.82, 2.24) is 42.7 Å². The molecule has 0 fully saturated rings. The second-order valence-corrected chi connectivity index (χ2v) is 25.5. The normalized spacial score (nSPS) is 11.7. The van der Waals surface area contributed by atoms with Gasteiger partial charge in [0.2, 0.25) is 0 Å². The Morgan fingerprint density at radius 1 is 0.500 bits per heavy atom. The summed E-state index contributed by atoms with van der Waals surface area (Å²) in [6.07, 6.45) is 8.96. The van der Waals surface area contributed by atoms with Crippen LogP contribution in [0.1, 0.15) is 114 Å². The summed E-state index contributed by atoms with van der Waals surface area (Å²) < 4.78 is 39.0. The van der Waals surface area contributed by atoms with Gasteiger partial charge in [-0.15, -0.1) is 0 Å². The van der Waals surface area contributed by atoms with E-state index in [0.717, 1.165) is 69.7 Å². The Hall–Kier alpha value is -8.54. The van der Waals surface area contributed by atoms with Crippen LogP contribution in [-0.2, 0) is 111 Å². The van der Waals surface area contributed by atoms with Crippen LogP contribution in [0, 0.1) is 17.8 Å². The minimum absolute atomic E-state index is 0.143. The molecule has 3 aromatic carbocycles. The van der Waals surface area contributed by atoms with Gasteiger partial charge in [0, 0.05) is 72.7 Å². The van der Waals surface area contributed by atoms with Crippen LogP contribution in [0.4, 0.5) is 0 Å². The van der Waals surface area contributed by atoms with Gasteiger partial charge >= 0.3 is 39.6 Å². The van der Waals surface area contributed by atoms with Crippen LogP contribution in [0.3, 0.4) is 0 Å². The number of hydrogen-bond acceptors (Lipinski definition) is 17. The number of hydrogen-bond donors (Lipinski definition) is 1. The molecule has 27 heteroatoms. The number of pyridine rings is 2. The molecule has 6 heterocycles. The van der Waals surface area contributed by atoms with Gasteiger partial charge in [0.25, 0.3) is 36.1 Å². The first-order valence-electron chi connectivity index (χ1n) is 31.3. The third kappa shape index (κ3) is 19.4. The summed E-state index contributed by atoms with van der Waals surface area (Å²) >= 11 is 16.7. The Labute approximate surface area is 575 Å². The number of carbonyl (C=O) groups excluding carboxylic acids is 3. The molecule has 1 N–H and O–H groups in total. The second kappa shape index (κ2) is 37.1.